The second-order valence-corrected chi connectivity index (χ2v) is 6.36. The number of nitrogens with two attached hydrogens (primary N) is 1. The molecule has 2 saturated carbocycles. The van der Waals surface area contributed by atoms with E-state index < -0.39 is 0 Å². The molecule has 0 bridgehead atoms. The average Bonchev–Trinajstić information content (AvgIpc) is 2.95. The SMILES string of the molecule is NC(=O)CC1CCN(C(=O)C2CC3CC3C2)CC1. The number of carbonyl (C=O) groups is 2. The Hall–Kier alpha value is -1.06. The number of primary amides is 1. The average molecular weight is 250 g/mol. The van der Waals surface area contributed by atoms with Crippen molar-refractivity contribution in [2.24, 2.45) is 29.4 Å². The maximum atomic E-state index is 12.3. The van der Waals surface area contributed by atoms with Gasteiger partial charge in [-0.2, -0.15) is 0 Å². The van der Waals surface area contributed by atoms with Crippen LogP contribution in [0.2, 0.25) is 0 Å². The molecule has 1 heterocycles. The summed E-state index contributed by atoms with van der Waals surface area (Å²) >= 11 is 0. The number of amides is 2. The standard InChI is InChI=1S/C14H22N2O2/c15-13(17)5-9-1-3-16(4-2-9)14(18)12-7-10-6-11(10)8-12/h9-12H,1-8H2,(H2,15,17). The number of hydrogen-bond donors (Lipinski definition) is 1. The van der Waals surface area contributed by atoms with E-state index in [0.717, 1.165) is 50.6 Å². The number of carbonyl (C=O) groups excluding carboxylic acids is 2. The third-order valence-corrected chi connectivity index (χ3v) is 5.01. The van der Waals surface area contributed by atoms with Gasteiger partial charge in [-0.15, -0.1) is 0 Å². The van der Waals surface area contributed by atoms with Gasteiger partial charge in [0.25, 0.3) is 0 Å². The van der Waals surface area contributed by atoms with E-state index in [0.29, 0.717) is 24.2 Å². The van der Waals surface area contributed by atoms with Crippen LogP contribution in [0.25, 0.3) is 0 Å². The molecule has 3 fully saturated rings. The Bertz CT molecular complexity index is 351. The van der Waals surface area contributed by atoms with Gasteiger partial charge < -0.3 is 10.6 Å². The fourth-order valence-corrected chi connectivity index (χ4v) is 3.82. The molecular weight excluding hydrogens is 228 g/mol. The molecule has 2 atom stereocenters. The van der Waals surface area contributed by atoms with Gasteiger partial charge in [-0.3, -0.25) is 9.59 Å². The summed E-state index contributed by atoms with van der Waals surface area (Å²) in [7, 11) is 0. The molecule has 2 amide bonds. The van der Waals surface area contributed by atoms with Crippen molar-refractivity contribution in [2.75, 3.05) is 13.1 Å². The summed E-state index contributed by atoms with van der Waals surface area (Å²) in [6.07, 6.45) is 5.98. The Balaban J connectivity index is 1.47. The van der Waals surface area contributed by atoms with Gasteiger partial charge in [0.05, 0.1) is 0 Å². The topological polar surface area (TPSA) is 63.4 Å². The largest absolute Gasteiger partial charge is 0.370 e. The number of hydrogen-bond acceptors (Lipinski definition) is 2. The lowest BCUT2D eigenvalue weighted by Crippen LogP contribution is -2.42. The quantitative estimate of drug-likeness (QED) is 0.816. The lowest BCUT2D eigenvalue weighted by molar-refractivity contribution is -0.137. The number of rotatable bonds is 3. The highest BCUT2D eigenvalue weighted by Crippen LogP contribution is 2.54. The summed E-state index contributed by atoms with van der Waals surface area (Å²) in [5.74, 6) is 2.60. The summed E-state index contributed by atoms with van der Waals surface area (Å²) in [5, 5.41) is 0. The van der Waals surface area contributed by atoms with Crippen molar-refractivity contribution in [1.29, 1.82) is 0 Å². The monoisotopic (exact) mass is 250 g/mol. The molecule has 4 nitrogen and oxygen atoms in total. The fraction of sp³-hybridized carbons (Fsp3) is 0.857. The zero-order valence-corrected chi connectivity index (χ0v) is 10.8. The van der Waals surface area contributed by atoms with Crippen LogP contribution in [0.15, 0.2) is 0 Å². The van der Waals surface area contributed by atoms with Crippen LogP contribution >= 0.6 is 0 Å². The highest BCUT2D eigenvalue weighted by molar-refractivity contribution is 5.79. The van der Waals surface area contributed by atoms with Crippen LogP contribution in [0.3, 0.4) is 0 Å². The van der Waals surface area contributed by atoms with Crippen LogP contribution in [0, 0.1) is 23.7 Å². The third kappa shape index (κ3) is 2.38. The molecule has 2 unspecified atom stereocenters. The normalized spacial score (nSPS) is 35.3. The molecule has 0 radical (unpaired) electrons. The maximum Gasteiger partial charge on any atom is 0.225 e. The fourth-order valence-electron chi connectivity index (χ4n) is 3.82. The maximum absolute atomic E-state index is 12.3. The minimum Gasteiger partial charge on any atom is -0.370 e. The van der Waals surface area contributed by atoms with Crippen LogP contribution in [0.4, 0.5) is 0 Å². The van der Waals surface area contributed by atoms with Crippen molar-refractivity contribution < 1.29 is 9.59 Å². The number of likely N-dealkylation sites (tertiary alicyclic amines) is 1. The summed E-state index contributed by atoms with van der Waals surface area (Å²) < 4.78 is 0. The van der Waals surface area contributed by atoms with Crippen molar-refractivity contribution in [3.05, 3.63) is 0 Å². The van der Waals surface area contributed by atoms with Gasteiger partial charge in [0.1, 0.15) is 0 Å². The van der Waals surface area contributed by atoms with E-state index in [9.17, 15) is 9.59 Å². The number of piperidine rings is 1. The molecule has 2 N–H and O–H groups in total. The van der Waals surface area contributed by atoms with E-state index in [1.54, 1.807) is 0 Å². The van der Waals surface area contributed by atoms with Crippen molar-refractivity contribution in [3.63, 3.8) is 0 Å². The van der Waals surface area contributed by atoms with Gasteiger partial charge in [0.15, 0.2) is 0 Å². The van der Waals surface area contributed by atoms with Crippen LogP contribution in [0.5, 0.6) is 0 Å². The molecule has 18 heavy (non-hydrogen) atoms. The van der Waals surface area contributed by atoms with E-state index in [2.05, 4.69) is 0 Å². The zero-order chi connectivity index (χ0) is 12.7. The Kier molecular flexibility index (Phi) is 3.04. The minimum atomic E-state index is -0.212. The first kappa shape index (κ1) is 12.0. The van der Waals surface area contributed by atoms with Crippen LogP contribution in [0.1, 0.15) is 38.5 Å². The molecule has 0 spiro atoms. The number of fused-ring (bicyclic) bond motifs is 1. The Morgan fingerprint density at radius 3 is 2.22 bits per heavy atom. The van der Waals surface area contributed by atoms with Gasteiger partial charge >= 0.3 is 0 Å². The van der Waals surface area contributed by atoms with Gasteiger partial charge in [0, 0.05) is 25.4 Å². The summed E-state index contributed by atoms with van der Waals surface area (Å²) in [6.45, 7) is 1.64. The van der Waals surface area contributed by atoms with Gasteiger partial charge in [-0.25, -0.2) is 0 Å². The predicted molar refractivity (Wildman–Crippen MR) is 67.4 cm³/mol. The van der Waals surface area contributed by atoms with E-state index >= 15 is 0 Å². The summed E-state index contributed by atoms with van der Waals surface area (Å²) in [4.78, 5) is 25.2. The molecular formula is C14H22N2O2. The highest BCUT2D eigenvalue weighted by atomic mass is 16.2. The lowest BCUT2D eigenvalue weighted by atomic mass is 9.92. The van der Waals surface area contributed by atoms with Crippen molar-refractivity contribution >= 4 is 11.8 Å². The van der Waals surface area contributed by atoms with Crippen molar-refractivity contribution in [3.8, 4) is 0 Å². The van der Waals surface area contributed by atoms with Crippen molar-refractivity contribution in [2.45, 2.75) is 38.5 Å². The van der Waals surface area contributed by atoms with E-state index in [4.69, 9.17) is 5.73 Å². The van der Waals surface area contributed by atoms with Gasteiger partial charge in [-0.1, -0.05) is 0 Å². The predicted octanol–water partition coefficient (Wildman–Crippen LogP) is 1.15. The first-order chi connectivity index (χ1) is 8.63. The molecule has 100 valence electrons. The molecule has 3 aliphatic rings. The zero-order valence-electron chi connectivity index (χ0n) is 10.8. The third-order valence-electron chi connectivity index (χ3n) is 5.01. The van der Waals surface area contributed by atoms with Crippen LogP contribution < -0.4 is 5.73 Å². The molecule has 1 aliphatic heterocycles. The van der Waals surface area contributed by atoms with Crippen molar-refractivity contribution in [1.82, 2.24) is 4.90 Å². The molecule has 4 heteroatoms. The van der Waals surface area contributed by atoms with E-state index in [1.165, 1.54) is 6.42 Å². The molecule has 3 rings (SSSR count). The molecule has 0 aromatic carbocycles. The molecule has 1 saturated heterocycles. The Morgan fingerprint density at radius 1 is 1.06 bits per heavy atom. The molecule has 2 aliphatic carbocycles. The second kappa shape index (κ2) is 4.56. The minimum absolute atomic E-state index is 0.212. The Morgan fingerprint density at radius 2 is 1.67 bits per heavy atom. The molecule has 0 aromatic rings. The summed E-state index contributed by atoms with van der Waals surface area (Å²) in [6, 6.07) is 0. The van der Waals surface area contributed by atoms with Gasteiger partial charge in [0.2, 0.25) is 11.8 Å². The highest BCUT2D eigenvalue weighted by Gasteiger charge is 2.48. The molecule has 0 aromatic heterocycles. The smallest absolute Gasteiger partial charge is 0.225 e. The van der Waals surface area contributed by atoms with Gasteiger partial charge in [-0.05, 0) is 49.9 Å². The van der Waals surface area contributed by atoms with Crippen LogP contribution in [-0.4, -0.2) is 29.8 Å². The second-order valence-electron chi connectivity index (χ2n) is 6.36. The van der Waals surface area contributed by atoms with Crippen LogP contribution in [-0.2, 0) is 9.59 Å². The Labute approximate surface area is 108 Å². The lowest BCUT2D eigenvalue weighted by Gasteiger charge is -2.33. The first-order valence-electron chi connectivity index (χ1n) is 7.20. The summed E-state index contributed by atoms with van der Waals surface area (Å²) in [5.41, 5.74) is 5.22. The van der Waals surface area contributed by atoms with E-state index in [-0.39, 0.29) is 5.91 Å². The number of nitrogens with zero attached hydrogens (tertiary/aromatic N) is 1. The van der Waals surface area contributed by atoms with E-state index in [1.807, 2.05) is 4.90 Å². The first-order valence-corrected chi connectivity index (χ1v) is 7.20.